The Hall–Kier alpha value is -0.0800. The van der Waals surface area contributed by atoms with E-state index in [-0.39, 0.29) is 11.7 Å². The van der Waals surface area contributed by atoms with E-state index < -0.39 is 0 Å². The number of methoxy groups -OCH3 is 1. The van der Waals surface area contributed by atoms with E-state index in [0.29, 0.717) is 0 Å². The summed E-state index contributed by atoms with van der Waals surface area (Å²) in [5, 5.41) is 10.4. The van der Waals surface area contributed by atoms with Crippen LogP contribution in [-0.4, -0.2) is 23.9 Å². The van der Waals surface area contributed by atoms with Crippen LogP contribution in [0.5, 0.6) is 0 Å². The maximum absolute atomic E-state index is 10.4. The van der Waals surface area contributed by atoms with Gasteiger partial charge in [0.25, 0.3) is 0 Å². The van der Waals surface area contributed by atoms with Gasteiger partial charge in [-0.1, -0.05) is 52.4 Å². The van der Waals surface area contributed by atoms with Crippen molar-refractivity contribution >= 4 is 0 Å². The Kier molecular flexibility index (Phi) is 6.50. The molecule has 2 nitrogen and oxygen atoms in total. The molecule has 17 heavy (non-hydrogen) atoms. The highest BCUT2D eigenvalue weighted by Gasteiger charge is 2.37. The predicted octanol–water partition coefficient (Wildman–Crippen LogP) is 3.91. The molecule has 0 aliphatic heterocycles. The molecular weight excluding hydrogens is 212 g/mol. The lowest BCUT2D eigenvalue weighted by Gasteiger charge is -2.36. The summed E-state index contributed by atoms with van der Waals surface area (Å²) in [6, 6.07) is 0. The van der Waals surface area contributed by atoms with E-state index in [9.17, 15) is 5.11 Å². The first-order chi connectivity index (χ1) is 8.10. The van der Waals surface area contributed by atoms with Gasteiger partial charge in [0.15, 0.2) is 0 Å². The maximum atomic E-state index is 10.4. The lowest BCUT2D eigenvalue weighted by Crippen LogP contribution is -2.43. The van der Waals surface area contributed by atoms with Crippen molar-refractivity contribution in [2.24, 2.45) is 5.92 Å². The lowest BCUT2D eigenvalue weighted by atomic mass is 9.85. The van der Waals surface area contributed by atoms with Crippen LogP contribution < -0.4 is 0 Å². The normalized spacial score (nSPS) is 22.4. The summed E-state index contributed by atoms with van der Waals surface area (Å²) in [7, 11) is 1.77. The number of hydrogen-bond donors (Lipinski definition) is 1. The van der Waals surface area contributed by atoms with Crippen LogP contribution in [0.15, 0.2) is 0 Å². The molecule has 0 aromatic heterocycles. The van der Waals surface area contributed by atoms with E-state index >= 15 is 0 Å². The van der Waals surface area contributed by atoms with Crippen molar-refractivity contribution in [3.8, 4) is 0 Å². The second-order valence-electron chi connectivity index (χ2n) is 6.02. The summed E-state index contributed by atoms with van der Waals surface area (Å²) >= 11 is 0. The van der Waals surface area contributed by atoms with Crippen LogP contribution in [0.1, 0.15) is 71.6 Å². The van der Waals surface area contributed by atoms with Crippen molar-refractivity contribution in [3.05, 3.63) is 0 Å². The molecule has 1 saturated carbocycles. The summed E-state index contributed by atoms with van der Waals surface area (Å²) in [5.41, 5.74) is -0.243. The van der Waals surface area contributed by atoms with Gasteiger partial charge in [-0.2, -0.15) is 0 Å². The SMILES string of the molecule is COC1(C(O)CCCC(C)C)CCCCCC1. The first-order valence-corrected chi connectivity index (χ1v) is 7.34. The fraction of sp³-hybridized carbons (Fsp3) is 1.00. The minimum atomic E-state index is -0.274. The Balaban J connectivity index is 2.46. The Bertz CT molecular complexity index is 193. The third-order valence-corrected chi connectivity index (χ3v) is 4.22. The van der Waals surface area contributed by atoms with Gasteiger partial charge in [-0.3, -0.25) is 0 Å². The quantitative estimate of drug-likeness (QED) is 0.715. The third-order valence-electron chi connectivity index (χ3n) is 4.22. The fourth-order valence-corrected chi connectivity index (χ4v) is 2.98. The highest BCUT2D eigenvalue weighted by molar-refractivity contribution is 4.89. The zero-order valence-electron chi connectivity index (χ0n) is 11.9. The summed E-state index contributed by atoms with van der Waals surface area (Å²) in [6.07, 6.45) is 10.0. The van der Waals surface area contributed by atoms with Gasteiger partial charge in [-0.25, -0.2) is 0 Å². The average molecular weight is 242 g/mol. The zero-order chi connectivity index (χ0) is 12.7. The Labute approximate surface area is 107 Å². The zero-order valence-corrected chi connectivity index (χ0v) is 11.9. The molecule has 1 N–H and O–H groups in total. The Morgan fingerprint density at radius 1 is 1.06 bits per heavy atom. The van der Waals surface area contributed by atoms with Crippen LogP contribution >= 0.6 is 0 Å². The molecule has 1 atom stereocenters. The number of rotatable bonds is 6. The monoisotopic (exact) mass is 242 g/mol. The minimum Gasteiger partial charge on any atom is -0.390 e. The van der Waals surface area contributed by atoms with Gasteiger partial charge in [0.2, 0.25) is 0 Å². The smallest absolute Gasteiger partial charge is 0.0936 e. The molecular formula is C15H30O2. The Morgan fingerprint density at radius 2 is 1.65 bits per heavy atom. The second-order valence-corrected chi connectivity index (χ2v) is 6.02. The molecule has 0 amide bonds. The van der Waals surface area contributed by atoms with Crippen molar-refractivity contribution in [2.75, 3.05) is 7.11 Å². The molecule has 0 heterocycles. The number of ether oxygens (including phenoxy) is 1. The third kappa shape index (κ3) is 4.59. The van der Waals surface area contributed by atoms with E-state index in [1.807, 2.05) is 0 Å². The average Bonchev–Trinajstić information content (AvgIpc) is 2.54. The van der Waals surface area contributed by atoms with Gasteiger partial charge in [0.05, 0.1) is 11.7 Å². The summed E-state index contributed by atoms with van der Waals surface area (Å²) < 4.78 is 5.73. The lowest BCUT2D eigenvalue weighted by molar-refractivity contribution is -0.114. The van der Waals surface area contributed by atoms with Crippen LogP contribution in [-0.2, 0) is 4.74 Å². The van der Waals surface area contributed by atoms with Crippen molar-refractivity contribution in [2.45, 2.75) is 83.3 Å². The molecule has 0 spiro atoms. The van der Waals surface area contributed by atoms with E-state index in [0.717, 1.165) is 31.6 Å². The molecule has 102 valence electrons. The summed E-state index contributed by atoms with van der Waals surface area (Å²) in [6.45, 7) is 4.48. The van der Waals surface area contributed by atoms with Crippen LogP contribution in [0.3, 0.4) is 0 Å². The number of hydrogen-bond acceptors (Lipinski definition) is 2. The summed E-state index contributed by atoms with van der Waals surface area (Å²) in [5.74, 6) is 0.731. The van der Waals surface area contributed by atoms with Crippen LogP contribution in [0.4, 0.5) is 0 Å². The topological polar surface area (TPSA) is 29.5 Å². The molecule has 0 saturated heterocycles. The first-order valence-electron chi connectivity index (χ1n) is 7.34. The van der Waals surface area contributed by atoms with E-state index in [2.05, 4.69) is 13.8 Å². The van der Waals surface area contributed by atoms with E-state index in [1.54, 1.807) is 7.11 Å². The maximum Gasteiger partial charge on any atom is 0.0936 e. The first kappa shape index (κ1) is 15.0. The van der Waals surface area contributed by atoms with Crippen LogP contribution in [0.2, 0.25) is 0 Å². The van der Waals surface area contributed by atoms with Crippen molar-refractivity contribution < 1.29 is 9.84 Å². The molecule has 1 aliphatic rings. The molecule has 1 unspecified atom stereocenters. The van der Waals surface area contributed by atoms with Gasteiger partial charge < -0.3 is 9.84 Å². The Morgan fingerprint density at radius 3 is 2.12 bits per heavy atom. The van der Waals surface area contributed by atoms with Gasteiger partial charge in [-0.15, -0.1) is 0 Å². The second kappa shape index (κ2) is 7.38. The van der Waals surface area contributed by atoms with Crippen molar-refractivity contribution in [1.29, 1.82) is 0 Å². The molecule has 1 fully saturated rings. The fourth-order valence-electron chi connectivity index (χ4n) is 2.98. The molecule has 0 bridgehead atoms. The summed E-state index contributed by atoms with van der Waals surface area (Å²) in [4.78, 5) is 0. The number of aliphatic hydroxyl groups excluding tert-OH is 1. The highest BCUT2D eigenvalue weighted by atomic mass is 16.5. The largest absolute Gasteiger partial charge is 0.390 e. The molecule has 1 aliphatic carbocycles. The number of aliphatic hydroxyl groups is 1. The molecule has 0 aromatic rings. The molecule has 0 aromatic carbocycles. The minimum absolute atomic E-state index is 0.243. The van der Waals surface area contributed by atoms with Crippen LogP contribution in [0, 0.1) is 5.92 Å². The molecule has 1 rings (SSSR count). The predicted molar refractivity (Wildman–Crippen MR) is 72.1 cm³/mol. The molecule has 0 radical (unpaired) electrons. The van der Waals surface area contributed by atoms with E-state index in [1.165, 1.54) is 32.1 Å². The van der Waals surface area contributed by atoms with E-state index in [4.69, 9.17) is 4.74 Å². The van der Waals surface area contributed by atoms with Gasteiger partial charge in [0, 0.05) is 7.11 Å². The standard InChI is InChI=1S/C15H30O2/c1-13(2)9-8-10-14(16)15(17-3)11-6-4-5-7-12-15/h13-14,16H,4-12H2,1-3H3. The van der Waals surface area contributed by atoms with Crippen molar-refractivity contribution in [1.82, 2.24) is 0 Å². The molecule has 2 heteroatoms. The highest BCUT2D eigenvalue weighted by Crippen LogP contribution is 2.34. The van der Waals surface area contributed by atoms with Gasteiger partial charge >= 0.3 is 0 Å². The van der Waals surface area contributed by atoms with Gasteiger partial charge in [-0.05, 0) is 25.2 Å². The van der Waals surface area contributed by atoms with Crippen molar-refractivity contribution in [3.63, 3.8) is 0 Å². The van der Waals surface area contributed by atoms with Gasteiger partial charge in [0.1, 0.15) is 0 Å². The van der Waals surface area contributed by atoms with Crippen LogP contribution in [0.25, 0.3) is 0 Å².